The topological polar surface area (TPSA) is 72.2 Å². The van der Waals surface area contributed by atoms with Gasteiger partial charge in [0.25, 0.3) is 0 Å². The van der Waals surface area contributed by atoms with E-state index in [2.05, 4.69) is 50.4 Å². The SMILES string of the molecule is COCCn1nnnc1[C@H](C)N1CCN(c2nc3ccccc3s2)CC1. The van der Waals surface area contributed by atoms with Crippen LogP contribution in [-0.2, 0) is 11.3 Å². The highest BCUT2D eigenvalue weighted by Crippen LogP contribution is 2.30. The van der Waals surface area contributed by atoms with Gasteiger partial charge in [0.15, 0.2) is 11.0 Å². The number of tetrazole rings is 1. The van der Waals surface area contributed by atoms with Gasteiger partial charge >= 0.3 is 0 Å². The van der Waals surface area contributed by atoms with E-state index >= 15 is 0 Å². The highest BCUT2D eigenvalue weighted by Gasteiger charge is 2.26. The summed E-state index contributed by atoms with van der Waals surface area (Å²) < 4.78 is 8.23. The molecule has 0 unspecified atom stereocenters. The molecule has 0 amide bonds. The quantitative estimate of drug-likeness (QED) is 0.652. The summed E-state index contributed by atoms with van der Waals surface area (Å²) in [5, 5.41) is 13.3. The van der Waals surface area contributed by atoms with Gasteiger partial charge < -0.3 is 9.64 Å². The number of thiazole rings is 1. The van der Waals surface area contributed by atoms with Crippen molar-refractivity contribution in [3.63, 3.8) is 0 Å². The lowest BCUT2D eigenvalue weighted by Gasteiger charge is -2.37. The van der Waals surface area contributed by atoms with Crippen molar-refractivity contribution < 1.29 is 4.74 Å². The minimum absolute atomic E-state index is 0.180. The van der Waals surface area contributed by atoms with Crippen molar-refractivity contribution in [1.29, 1.82) is 0 Å². The first-order chi connectivity index (χ1) is 12.8. The lowest BCUT2D eigenvalue weighted by atomic mass is 10.2. The van der Waals surface area contributed by atoms with Crippen LogP contribution in [0.3, 0.4) is 0 Å². The zero-order valence-electron chi connectivity index (χ0n) is 15.1. The van der Waals surface area contributed by atoms with E-state index in [1.807, 2.05) is 10.7 Å². The predicted molar refractivity (Wildman–Crippen MR) is 102 cm³/mol. The van der Waals surface area contributed by atoms with Crippen LogP contribution in [0.5, 0.6) is 0 Å². The van der Waals surface area contributed by atoms with Crippen LogP contribution in [0.1, 0.15) is 18.8 Å². The summed E-state index contributed by atoms with van der Waals surface area (Å²) in [6.45, 7) is 7.31. The number of para-hydroxylation sites is 1. The van der Waals surface area contributed by atoms with Crippen LogP contribution < -0.4 is 4.90 Å². The molecule has 138 valence electrons. The molecule has 26 heavy (non-hydrogen) atoms. The Morgan fingerprint density at radius 3 is 2.77 bits per heavy atom. The van der Waals surface area contributed by atoms with Crippen molar-refractivity contribution in [3.8, 4) is 0 Å². The van der Waals surface area contributed by atoms with Gasteiger partial charge in [-0.15, -0.1) is 5.10 Å². The molecule has 0 bridgehead atoms. The fourth-order valence-corrected chi connectivity index (χ4v) is 4.32. The molecule has 1 aromatic carbocycles. The molecule has 9 heteroatoms. The van der Waals surface area contributed by atoms with E-state index in [-0.39, 0.29) is 6.04 Å². The smallest absolute Gasteiger partial charge is 0.186 e. The number of benzene rings is 1. The van der Waals surface area contributed by atoms with Crippen molar-refractivity contribution in [1.82, 2.24) is 30.1 Å². The zero-order chi connectivity index (χ0) is 17.9. The standard InChI is InChI=1S/C17H23N7OS/c1-13(16-19-20-21-24(16)11-12-25-2)22-7-9-23(10-8-22)17-18-14-5-3-4-6-15(14)26-17/h3-6,13H,7-12H2,1-2H3/t13-/m0/s1. The van der Waals surface area contributed by atoms with Crippen molar-refractivity contribution in [3.05, 3.63) is 30.1 Å². The lowest BCUT2D eigenvalue weighted by Crippen LogP contribution is -2.47. The fourth-order valence-electron chi connectivity index (χ4n) is 3.31. The maximum absolute atomic E-state index is 5.14. The molecule has 0 spiro atoms. The molecule has 1 aliphatic heterocycles. The van der Waals surface area contributed by atoms with Gasteiger partial charge in [0.2, 0.25) is 0 Å². The van der Waals surface area contributed by atoms with Crippen LogP contribution in [0.25, 0.3) is 10.2 Å². The monoisotopic (exact) mass is 373 g/mol. The number of anilines is 1. The minimum Gasteiger partial charge on any atom is -0.383 e. The summed E-state index contributed by atoms with van der Waals surface area (Å²) in [7, 11) is 1.69. The summed E-state index contributed by atoms with van der Waals surface area (Å²) in [6.07, 6.45) is 0. The Balaban J connectivity index is 1.41. The Kier molecular flexibility index (Phi) is 5.09. The van der Waals surface area contributed by atoms with Gasteiger partial charge in [0.1, 0.15) is 0 Å². The Hall–Kier alpha value is -2.10. The molecule has 1 atom stereocenters. The first-order valence-electron chi connectivity index (χ1n) is 8.86. The van der Waals surface area contributed by atoms with E-state index in [0.29, 0.717) is 13.2 Å². The molecule has 0 saturated carbocycles. The summed E-state index contributed by atoms with van der Waals surface area (Å²) in [5.74, 6) is 0.899. The highest BCUT2D eigenvalue weighted by atomic mass is 32.1. The third-order valence-electron chi connectivity index (χ3n) is 4.86. The molecule has 3 aromatic rings. The summed E-state index contributed by atoms with van der Waals surface area (Å²) >= 11 is 1.77. The van der Waals surface area contributed by atoms with E-state index in [4.69, 9.17) is 9.72 Å². The molecule has 2 aromatic heterocycles. The van der Waals surface area contributed by atoms with Gasteiger partial charge in [0.05, 0.1) is 29.4 Å². The Labute approximate surface area is 156 Å². The normalized spacial score (nSPS) is 17.1. The first-order valence-corrected chi connectivity index (χ1v) is 9.67. The van der Waals surface area contributed by atoms with E-state index in [0.717, 1.165) is 42.7 Å². The molecule has 0 aliphatic carbocycles. The van der Waals surface area contributed by atoms with Gasteiger partial charge in [0, 0.05) is 33.3 Å². The van der Waals surface area contributed by atoms with Gasteiger partial charge in [-0.05, 0) is 29.5 Å². The molecule has 1 saturated heterocycles. The molecular formula is C17H23N7OS. The molecule has 1 fully saturated rings. The number of nitrogens with zero attached hydrogens (tertiary/aromatic N) is 7. The molecule has 3 heterocycles. The Morgan fingerprint density at radius 1 is 1.19 bits per heavy atom. The number of ether oxygens (including phenoxy) is 1. The molecule has 4 rings (SSSR count). The molecular weight excluding hydrogens is 350 g/mol. The zero-order valence-corrected chi connectivity index (χ0v) is 15.9. The molecule has 0 N–H and O–H groups in total. The van der Waals surface area contributed by atoms with E-state index < -0.39 is 0 Å². The number of hydrogen-bond donors (Lipinski definition) is 0. The van der Waals surface area contributed by atoms with Crippen LogP contribution in [0, 0.1) is 0 Å². The second-order valence-corrected chi connectivity index (χ2v) is 7.43. The van der Waals surface area contributed by atoms with Crippen molar-refractivity contribution in [2.45, 2.75) is 19.5 Å². The predicted octanol–water partition coefficient (Wildman–Crippen LogP) is 1.81. The molecule has 8 nitrogen and oxygen atoms in total. The lowest BCUT2D eigenvalue weighted by molar-refractivity contribution is 0.166. The number of piperazine rings is 1. The number of hydrogen-bond acceptors (Lipinski definition) is 8. The van der Waals surface area contributed by atoms with Gasteiger partial charge in [-0.25, -0.2) is 9.67 Å². The Morgan fingerprint density at radius 2 is 2.00 bits per heavy atom. The van der Waals surface area contributed by atoms with Gasteiger partial charge in [-0.1, -0.05) is 23.5 Å². The Bertz CT molecular complexity index is 823. The van der Waals surface area contributed by atoms with E-state index in [1.165, 1.54) is 4.70 Å². The third kappa shape index (κ3) is 3.42. The van der Waals surface area contributed by atoms with Crippen LogP contribution in [0.2, 0.25) is 0 Å². The number of methoxy groups -OCH3 is 1. The average molecular weight is 373 g/mol. The van der Waals surface area contributed by atoms with Gasteiger partial charge in [-0.3, -0.25) is 4.90 Å². The highest BCUT2D eigenvalue weighted by molar-refractivity contribution is 7.22. The maximum atomic E-state index is 5.14. The van der Waals surface area contributed by atoms with Crippen molar-refractivity contribution in [2.24, 2.45) is 0 Å². The second-order valence-electron chi connectivity index (χ2n) is 6.42. The van der Waals surface area contributed by atoms with Crippen molar-refractivity contribution >= 4 is 26.7 Å². The minimum atomic E-state index is 0.180. The van der Waals surface area contributed by atoms with Crippen LogP contribution >= 0.6 is 11.3 Å². The summed E-state index contributed by atoms with van der Waals surface area (Å²) in [4.78, 5) is 9.59. The van der Waals surface area contributed by atoms with E-state index in [9.17, 15) is 0 Å². The van der Waals surface area contributed by atoms with Crippen molar-refractivity contribution in [2.75, 3.05) is 44.8 Å². The van der Waals surface area contributed by atoms with Crippen LogP contribution in [0.4, 0.5) is 5.13 Å². The number of aromatic nitrogens is 5. The number of rotatable bonds is 6. The summed E-state index contributed by atoms with van der Waals surface area (Å²) in [6, 6.07) is 8.50. The van der Waals surface area contributed by atoms with Crippen LogP contribution in [-0.4, -0.2) is 70.0 Å². The largest absolute Gasteiger partial charge is 0.383 e. The van der Waals surface area contributed by atoms with Gasteiger partial charge in [-0.2, -0.15) is 0 Å². The fraction of sp³-hybridized carbons (Fsp3) is 0.529. The average Bonchev–Trinajstić information content (AvgIpc) is 3.32. The number of fused-ring (bicyclic) bond motifs is 1. The van der Waals surface area contributed by atoms with E-state index in [1.54, 1.807) is 18.4 Å². The molecule has 1 aliphatic rings. The maximum Gasteiger partial charge on any atom is 0.186 e. The molecule has 0 radical (unpaired) electrons. The van der Waals surface area contributed by atoms with Crippen LogP contribution in [0.15, 0.2) is 24.3 Å². The third-order valence-corrected chi connectivity index (χ3v) is 5.95. The second kappa shape index (κ2) is 7.65. The summed E-state index contributed by atoms with van der Waals surface area (Å²) in [5.41, 5.74) is 1.08. The first kappa shape index (κ1) is 17.3.